The summed E-state index contributed by atoms with van der Waals surface area (Å²) in [6.07, 6.45) is 0. The summed E-state index contributed by atoms with van der Waals surface area (Å²) in [5.41, 5.74) is 1.43. The van der Waals surface area contributed by atoms with Gasteiger partial charge in [-0.1, -0.05) is 12.1 Å². The molecule has 0 saturated carbocycles. The topological polar surface area (TPSA) is 33.2 Å². The Morgan fingerprint density at radius 2 is 2.00 bits per heavy atom. The van der Waals surface area contributed by atoms with Crippen molar-refractivity contribution >= 4 is 16.8 Å². The van der Waals surface area contributed by atoms with Crippen molar-refractivity contribution in [3.8, 4) is 0 Å². The zero-order valence-electron chi connectivity index (χ0n) is 11.4. The minimum atomic E-state index is -0.394. The Morgan fingerprint density at radius 3 is 2.63 bits per heavy atom. The van der Waals surface area contributed by atoms with Crippen LogP contribution >= 0.6 is 0 Å². The number of halogens is 1. The lowest BCUT2D eigenvalue weighted by atomic mass is 10.1. The Morgan fingerprint density at radius 1 is 1.32 bits per heavy atom. The molecule has 0 unspecified atom stereocenters. The zero-order valence-corrected chi connectivity index (χ0v) is 11.4. The van der Waals surface area contributed by atoms with Crippen molar-refractivity contribution < 1.29 is 9.18 Å². The molecule has 19 heavy (non-hydrogen) atoms. The fourth-order valence-corrected chi connectivity index (χ4v) is 2.20. The van der Waals surface area contributed by atoms with Crippen molar-refractivity contribution in [1.82, 2.24) is 9.88 Å². The van der Waals surface area contributed by atoms with Crippen LogP contribution in [0.1, 0.15) is 29.9 Å². The first kappa shape index (κ1) is 13.5. The van der Waals surface area contributed by atoms with E-state index in [0.717, 1.165) is 0 Å². The highest BCUT2D eigenvalue weighted by Crippen LogP contribution is 2.22. The van der Waals surface area contributed by atoms with Gasteiger partial charge in [-0.25, -0.2) is 9.37 Å². The third-order valence-corrected chi connectivity index (χ3v) is 3.20. The Hall–Kier alpha value is -1.97. The molecule has 100 valence electrons. The highest BCUT2D eigenvalue weighted by molar-refractivity contribution is 6.06. The maximum atomic E-state index is 13.8. The van der Waals surface area contributed by atoms with Crippen molar-refractivity contribution in [2.75, 3.05) is 13.1 Å². The molecule has 0 radical (unpaired) electrons. The van der Waals surface area contributed by atoms with Gasteiger partial charge in [-0.15, -0.1) is 0 Å². The molecule has 0 spiro atoms. The maximum Gasteiger partial charge on any atom is 0.254 e. The predicted molar refractivity (Wildman–Crippen MR) is 73.7 cm³/mol. The molecule has 0 aliphatic heterocycles. The van der Waals surface area contributed by atoms with Gasteiger partial charge in [0.25, 0.3) is 5.91 Å². The van der Waals surface area contributed by atoms with Crippen LogP contribution in [0.5, 0.6) is 0 Å². The van der Waals surface area contributed by atoms with Crippen molar-refractivity contribution in [2.24, 2.45) is 0 Å². The van der Waals surface area contributed by atoms with Crippen molar-refractivity contribution in [3.05, 3.63) is 41.3 Å². The quantitative estimate of drug-likeness (QED) is 0.849. The number of nitrogens with zero attached hydrogens (tertiary/aromatic N) is 2. The summed E-state index contributed by atoms with van der Waals surface area (Å²) >= 11 is 0. The molecular formula is C15H17FN2O. The van der Waals surface area contributed by atoms with E-state index in [1.54, 1.807) is 30.0 Å². The van der Waals surface area contributed by atoms with Gasteiger partial charge in [0.05, 0.1) is 5.56 Å². The summed E-state index contributed by atoms with van der Waals surface area (Å²) < 4.78 is 13.8. The minimum Gasteiger partial charge on any atom is -0.339 e. The zero-order chi connectivity index (χ0) is 14.0. The lowest BCUT2D eigenvalue weighted by Gasteiger charge is -2.19. The van der Waals surface area contributed by atoms with Gasteiger partial charge in [0.2, 0.25) is 0 Å². The first-order valence-electron chi connectivity index (χ1n) is 6.43. The molecule has 1 amide bonds. The number of hydrogen-bond acceptors (Lipinski definition) is 2. The van der Waals surface area contributed by atoms with Crippen molar-refractivity contribution in [3.63, 3.8) is 0 Å². The van der Waals surface area contributed by atoms with Gasteiger partial charge >= 0.3 is 0 Å². The summed E-state index contributed by atoms with van der Waals surface area (Å²) in [6, 6.07) is 6.43. The molecule has 0 fully saturated rings. The van der Waals surface area contributed by atoms with Crippen LogP contribution in [0.2, 0.25) is 0 Å². The van der Waals surface area contributed by atoms with E-state index in [1.165, 1.54) is 6.07 Å². The summed E-state index contributed by atoms with van der Waals surface area (Å²) in [4.78, 5) is 18.4. The number of carbonyl (C=O) groups excluding carboxylic acids is 1. The summed E-state index contributed by atoms with van der Waals surface area (Å²) in [5.74, 6) is -0.471. The summed E-state index contributed by atoms with van der Waals surface area (Å²) in [7, 11) is 0. The molecule has 1 aromatic carbocycles. The van der Waals surface area contributed by atoms with E-state index in [4.69, 9.17) is 0 Å². The molecule has 0 aliphatic carbocycles. The first-order valence-corrected chi connectivity index (χ1v) is 6.43. The first-order chi connectivity index (χ1) is 9.08. The Balaban J connectivity index is 2.66. The van der Waals surface area contributed by atoms with Crippen LogP contribution in [-0.2, 0) is 0 Å². The van der Waals surface area contributed by atoms with Gasteiger partial charge in [0.1, 0.15) is 11.3 Å². The van der Waals surface area contributed by atoms with E-state index in [-0.39, 0.29) is 11.4 Å². The molecule has 2 rings (SSSR count). The van der Waals surface area contributed by atoms with E-state index in [2.05, 4.69) is 4.98 Å². The van der Waals surface area contributed by atoms with E-state index in [9.17, 15) is 9.18 Å². The molecule has 0 atom stereocenters. The average Bonchev–Trinajstić information content (AvgIpc) is 2.40. The molecule has 0 bridgehead atoms. The van der Waals surface area contributed by atoms with Crippen LogP contribution in [0, 0.1) is 12.7 Å². The van der Waals surface area contributed by atoms with Crippen LogP contribution in [-0.4, -0.2) is 28.9 Å². The van der Waals surface area contributed by atoms with Crippen LogP contribution in [0.4, 0.5) is 4.39 Å². The molecule has 0 aliphatic rings. The van der Waals surface area contributed by atoms with Crippen LogP contribution in [0.3, 0.4) is 0 Å². The van der Waals surface area contributed by atoms with Crippen LogP contribution < -0.4 is 0 Å². The minimum absolute atomic E-state index is 0.0777. The summed E-state index contributed by atoms with van der Waals surface area (Å²) in [5, 5.41) is 0.572. The monoisotopic (exact) mass is 260 g/mol. The fraction of sp³-hybridized carbons (Fsp3) is 0.333. The molecular weight excluding hydrogens is 243 g/mol. The van der Waals surface area contributed by atoms with Gasteiger partial charge in [0, 0.05) is 24.2 Å². The Bertz CT molecular complexity index is 621. The standard InChI is InChI=1S/C15H17FN2O/c1-4-18(5-2)15(19)12-9-10(3)17-14-11(12)7-6-8-13(14)16/h6-9H,4-5H2,1-3H3. The number of fused-ring (bicyclic) bond motifs is 1. The molecule has 0 saturated heterocycles. The number of aromatic nitrogens is 1. The normalized spacial score (nSPS) is 10.7. The number of benzene rings is 1. The SMILES string of the molecule is CCN(CC)C(=O)c1cc(C)nc2c(F)cccc12. The number of para-hydroxylation sites is 1. The number of rotatable bonds is 3. The van der Waals surface area contributed by atoms with Crippen molar-refractivity contribution in [1.29, 1.82) is 0 Å². The number of hydrogen-bond donors (Lipinski definition) is 0. The van der Waals surface area contributed by atoms with Gasteiger partial charge in [-0.2, -0.15) is 0 Å². The van der Waals surface area contributed by atoms with E-state index >= 15 is 0 Å². The number of carbonyl (C=O) groups is 1. The van der Waals surface area contributed by atoms with Gasteiger partial charge in [0.15, 0.2) is 0 Å². The lowest BCUT2D eigenvalue weighted by Crippen LogP contribution is -2.30. The third-order valence-electron chi connectivity index (χ3n) is 3.20. The third kappa shape index (κ3) is 2.43. The summed E-state index contributed by atoms with van der Waals surface area (Å²) in [6.45, 7) is 6.89. The number of amides is 1. The highest BCUT2D eigenvalue weighted by atomic mass is 19.1. The second kappa shape index (κ2) is 5.34. The second-order valence-electron chi connectivity index (χ2n) is 4.42. The molecule has 4 heteroatoms. The molecule has 3 nitrogen and oxygen atoms in total. The van der Waals surface area contributed by atoms with E-state index < -0.39 is 5.82 Å². The van der Waals surface area contributed by atoms with Crippen LogP contribution in [0.25, 0.3) is 10.9 Å². The highest BCUT2D eigenvalue weighted by Gasteiger charge is 2.17. The van der Waals surface area contributed by atoms with E-state index in [1.807, 2.05) is 13.8 Å². The van der Waals surface area contributed by atoms with Crippen LogP contribution in [0.15, 0.2) is 24.3 Å². The smallest absolute Gasteiger partial charge is 0.254 e. The predicted octanol–water partition coefficient (Wildman–Crippen LogP) is 3.16. The number of aryl methyl sites for hydroxylation is 1. The maximum absolute atomic E-state index is 13.8. The molecule has 0 N–H and O–H groups in total. The van der Waals surface area contributed by atoms with Gasteiger partial charge in [-0.3, -0.25) is 4.79 Å². The molecule has 1 heterocycles. The second-order valence-corrected chi connectivity index (χ2v) is 4.42. The van der Waals surface area contributed by atoms with E-state index in [0.29, 0.717) is 29.7 Å². The van der Waals surface area contributed by atoms with Gasteiger partial charge in [-0.05, 0) is 32.9 Å². The number of pyridine rings is 1. The molecule has 1 aromatic heterocycles. The average molecular weight is 260 g/mol. The van der Waals surface area contributed by atoms with Crippen molar-refractivity contribution in [2.45, 2.75) is 20.8 Å². The Labute approximate surface area is 112 Å². The lowest BCUT2D eigenvalue weighted by molar-refractivity contribution is 0.0775. The fourth-order valence-electron chi connectivity index (χ4n) is 2.20. The largest absolute Gasteiger partial charge is 0.339 e. The Kier molecular flexibility index (Phi) is 3.79. The van der Waals surface area contributed by atoms with Gasteiger partial charge < -0.3 is 4.90 Å². The molecule has 2 aromatic rings.